The van der Waals surface area contributed by atoms with Gasteiger partial charge in [-0.2, -0.15) is 0 Å². The molecule has 2 rings (SSSR count). The molecule has 0 heterocycles. The number of hydrogen-bond donors (Lipinski definition) is 7. The topological polar surface area (TPSA) is 221 Å². The fourth-order valence-corrected chi connectivity index (χ4v) is 6.24. The van der Waals surface area contributed by atoms with Crippen LogP contribution in [0.4, 0.5) is 4.79 Å². The van der Waals surface area contributed by atoms with Gasteiger partial charge in [0.25, 0.3) is 0 Å². The van der Waals surface area contributed by atoms with Gasteiger partial charge in [0.15, 0.2) is 0 Å². The third kappa shape index (κ3) is 18.1. The fraction of sp³-hybridized carbons (Fsp3) is 0.581. The van der Waals surface area contributed by atoms with Gasteiger partial charge in [-0.15, -0.1) is 0 Å². The van der Waals surface area contributed by atoms with Crippen LogP contribution in [0, 0.1) is 17.8 Å². The van der Waals surface area contributed by atoms with Crippen LogP contribution in [0.25, 0.3) is 0 Å². The molecule has 0 aliphatic carbocycles. The lowest BCUT2D eigenvalue weighted by Crippen LogP contribution is -2.58. The van der Waals surface area contributed by atoms with Crippen molar-refractivity contribution in [2.75, 3.05) is 7.11 Å². The average molecular weight is 812 g/mol. The number of hydrogen-bond acceptors (Lipinski definition) is 10. The zero-order valence-corrected chi connectivity index (χ0v) is 35.2. The van der Waals surface area contributed by atoms with Crippen LogP contribution in [0.15, 0.2) is 60.7 Å². The Balaban J connectivity index is 2.16. The first kappa shape index (κ1) is 49.1. The van der Waals surface area contributed by atoms with Gasteiger partial charge >= 0.3 is 12.1 Å². The van der Waals surface area contributed by atoms with E-state index in [0.29, 0.717) is 12.8 Å². The first-order valence-electron chi connectivity index (χ1n) is 20.1. The zero-order chi connectivity index (χ0) is 43.4. The number of rotatable bonds is 24. The van der Waals surface area contributed by atoms with E-state index in [-0.39, 0.29) is 43.6 Å². The molecule has 0 spiro atoms. The van der Waals surface area contributed by atoms with Gasteiger partial charge < -0.3 is 46.3 Å². The van der Waals surface area contributed by atoms with E-state index in [1.165, 1.54) is 14.0 Å². The predicted molar refractivity (Wildman–Crippen MR) is 219 cm³/mol. The van der Waals surface area contributed by atoms with E-state index in [1.807, 2.05) is 83.1 Å². The number of amides is 5. The van der Waals surface area contributed by atoms with Crippen molar-refractivity contribution in [2.24, 2.45) is 17.8 Å². The van der Waals surface area contributed by atoms with Crippen LogP contribution in [-0.2, 0) is 46.5 Å². The number of carbonyl (C=O) groups is 6. The van der Waals surface area contributed by atoms with E-state index in [1.54, 1.807) is 19.1 Å². The highest BCUT2D eigenvalue weighted by molar-refractivity contribution is 5.92. The van der Waals surface area contributed by atoms with Crippen molar-refractivity contribution in [1.29, 1.82) is 0 Å². The average Bonchev–Trinajstić information content (AvgIpc) is 3.18. The summed E-state index contributed by atoms with van der Waals surface area (Å²) in [5.41, 5.74) is 1.54. The monoisotopic (exact) mass is 811 g/mol. The van der Waals surface area contributed by atoms with Gasteiger partial charge in [0.2, 0.25) is 23.6 Å². The minimum Gasteiger partial charge on any atom is -0.469 e. The molecule has 0 saturated carbocycles. The van der Waals surface area contributed by atoms with E-state index >= 15 is 0 Å². The summed E-state index contributed by atoms with van der Waals surface area (Å²) >= 11 is 0. The molecule has 0 bridgehead atoms. The molecule has 0 fully saturated rings. The van der Waals surface area contributed by atoms with E-state index in [0.717, 1.165) is 11.1 Å². The van der Waals surface area contributed by atoms with E-state index in [9.17, 15) is 39.0 Å². The first-order valence-corrected chi connectivity index (χ1v) is 20.1. The SMILES string of the molecule is CC[C@H](C)[C@H](NC(=O)[C@H](Cc1ccccc1)NC(=O)OCc1ccccc1)C(=O)N[C@@H](CC(C)C)[C@@H](O)CC(=O)N[C@@H](C)C(=O)N[C@@H](CC(C)C)[C@@H](O)CC(=O)OC. The van der Waals surface area contributed by atoms with E-state index in [4.69, 9.17) is 4.74 Å². The van der Waals surface area contributed by atoms with Gasteiger partial charge in [0.05, 0.1) is 44.2 Å². The Labute approximate surface area is 342 Å². The van der Waals surface area contributed by atoms with Crippen LogP contribution < -0.4 is 26.6 Å². The molecule has 15 heteroatoms. The lowest BCUT2D eigenvalue weighted by Gasteiger charge is -2.31. The highest BCUT2D eigenvalue weighted by Crippen LogP contribution is 2.16. The van der Waals surface area contributed by atoms with Crippen LogP contribution in [0.2, 0.25) is 0 Å². The molecule has 0 radical (unpaired) electrons. The van der Waals surface area contributed by atoms with Crippen molar-refractivity contribution in [3.63, 3.8) is 0 Å². The number of ether oxygens (including phenoxy) is 2. The maximum absolute atomic E-state index is 14.0. The number of alkyl carbamates (subject to hydrolysis) is 1. The number of aliphatic hydroxyl groups excluding tert-OH is 2. The molecule has 0 aliphatic heterocycles. The van der Waals surface area contributed by atoms with Gasteiger partial charge in [0.1, 0.15) is 24.7 Å². The number of esters is 1. The number of carbonyl (C=O) groups excluding carboxylic acids is 6. The van der Waals surface area contributed by atoms with Crippen LogP contribution in [0.5, 0.6) is 0 Å². The Hall–Kier alpha value is -5.02. The summed E-state index contributed by atoms with van der Waals surface area (Å²) in [6.45, 7) is 12.7. The Bertz CT molecular complexity index is 1590. The second-order valence-corrected chi connectivity index (χ2v) is 15.7. The minimum atomic E-state index is -1.36. The smallest absolute Gasteiger partial charge is 0.408 e. The first-order chi connectivity index (χ1) is 27.4. The van der Waals surface area contributed by atoms with Gasteiger partial charge in [-0.1, -0.05) is 109 Å². The van der Waals surface area contributed by atoms with Crippen molar-refractivity contribution >= 4 is 35.7 Å². The third-order valence-corrected chi connectivity index (χ3v) is 9.70. The molecule has 0 unspecified atom stereocenters. The highest BCUT2D eigenvalue weighted by Gasteiger charge is 2.34. The minimum absolute atomic E-state index is 0.00463. The fourth-order valence-electron chi connectivity index (χ4n) is 6.24. The summed E-state index contributed by atoms with van der Waals surface area (Å²) in [5, 5.41) is 35.5. The number of benzene rings is 2. The number of methoxy groups -OCH3 is 1. The molecule has 5 amide bonds. The summed E-state index contributed by atoms with van der Waals surface area (Å²) in [7, 11) is 1.20. The summed E-state index contributed by atoms with van der Waals surface area (Å²) in [6.07, 6.45) is -2.87. The second-order valence-electron chi connectivity index (χ2n) is 15.7. The van der Waals surface area contributed by atoms with Gasteiger partial charge in [-0.05, 0) is 48.6 Å². The molecule has 2 aromatic carbocycles. The van der Waals surface area contributed by atoms with Gasteiger partial charge in [0, 0.05) is 6.42 Å². The predicted octanol–water partition coefficient (Wildman–Crippen LogP) is 3.30. The van der Waals surface area contributed by atoms with Gasteiger partial charge in [-0.3, -0.25) is 24.0 Å². The van der Waals surface area contributed by atoms with Crippen LogP contribution in [-0.4, -0.2) is 95.4 Å². The summed E-state index contributed by atoms with van der Waals surface area (Å²) in [4.78, 5) is 78.7. The second kappa shape index (κ2) is 25.4. The molecule has 8 atom stereocenters. The van der Waals surface area contributed by atoms with Crippen molar-refractivity contribution < 1.29 is 48.5 Å². The number of nitrogens with one attached hydrogen (secondary N) is 5. The molecule has 0 saturated heterocycles. The van der Waals surface area contributed by atoms with Crippen molar-refractivity contribution in [3.8, 4) is 0 Å². The van der Waals surface area contributed by atoms with Crippen LogP contribution >= 0.6 is 0 Å². The lowest BCUT2D eigenvalue weighted by atomic mass is 9.94. The third-order valence-electron chi connectivity index (χ3n) is 9.70. The normalized spacial score (nSPS) is 15.4. The summed E-state index contributed by atoms with van der Waals surface area (Å²) in [6, 6.07) is 13.3. The van der Waals surface area contributed by atoms with Crippen LogP contribution in [0.3, 0.4) is 0 Å². The Morgan fingerprint density at radius 3 is 1.67 bits per heavy atom. The molecular weight excluding hydrogens is 746 g/mol. The Morgan fingerprint density at radius 1 is 0.638 bits per heavy atom. The molecule has 322 valence electrons. The lowest BCUT2D eigenvalue weighted by molar-refractivity contribution is -0.144. The van der Waals surface area contributed by atoms with Gasteiger partial charge in [-0.25, -0.2) is 4.79 Å². The maximum Gasteiger partial charge on any atom is 0.408 e. The molecule has 2 aromatic rings. The Morgan fingerprint density at radius 2 is 1.16 bits per heavy atom. The molecule has 7 N–H and O–H groups in total. The largest absolute Gasteiger partial charge is 0.469 e. The molecule has 58 heavy (non-hydrogen) atoms. The molecular formula is C43H65N5O10. The zero-order valence-electron chi connectivity index (χ0n) is 35.2. The molecule has 0 aliphatic rings. The number of aliphatic hydroxyl groups is 2. The Kier molecular flexibility index (Phi) is 21.5. The van der Waals surface area contributed by atoms with Crippen LogP contribution in [0.1, 0.15) is 91.7 Å². The standard InChI is InChI=1S/C43H65N5O10/c1-9-28(6)39(48-41(54)34(22-30-16-12-10-13-17-30)47-43(56)58-25-31-18-14-11-15-19-31)42(55)46-32(20-26(2)3)35(49)23-37(51)44-29(7)40(53)45-33(21-27(4)5)36(50)24-38(52)57-8/h10-19,26-29,32-36,39,49-50H,9,20-25H2,1-8H3,(H,44,51)(H,45,53)(H,46,55)(H,47,56)(H,48,54)/t28-,29-,32-,33-,34-,35-,36-,39-/m0/s1. The quantitative estimate of drug-likeness (QED) is 0.0767. The van der Waals surface area contributed by atoms with Crippen molar-refractivity contribution in [1.82, 2.24) is 26.6 Å². The molecule has 0 aromatic heterocycles. The van der Waals surface area contributed by atoms with Crippen molar-refractivity contribution in [2.45, 2.75) is 136 Å². The van der Waals surface area contributed by atoms with E-state index in [2.05, 4.69) is 31.3 Å². The highest BCUT2D eigenvalue weighted by atomic mass is 16.5. The summed E-state index contributed by atoms with van der Waals surface area (Å²) in [5.74, 6) is -3.38. The van der Waals surface area contributed by atoms with E-state index < -0.39 is 84.5 Å². The maximum atomic E-state index is 14.0. The molecule has 15 nitrogen and oxygen atoms in total. The van der Waals surface area contributed by atoms with Crippen molar-refractivity contribution in [3.05, 3.63) is 71.8 Å². The summed E-state index contributed by atoms with van der Waals surface area (Å²) < 4.78 is 10.0.